The third-order valence-corrected chi connectivity index (χ3v) is 3.65. The minimum Gasteiger partial charge on any atom is -0.504 e. The Kier molecular flexibility index (Phi) is 3.82. The van der Waals surface area contributed by atoms with Gasteiger partial charge in [-0.2, -0.15) is 0 Å². The van der Waals surface area contributed by atoms with Gasteiger partial charge >= 0.3 is 0 Å². The molecule has 0 spiro atoms. The normalized spacial score (nSPS) is 10.4. The lowest BCUT2D eigenvalue weighted by molar-refractivity contribution is 0.407. The number of aryl methyl sites for hydroxylation is 1. The van der Waals surface area contributed by atoms with Crippen molar-refractivity contribution in [3.05, 3.63) is 47.5 Å². The van der Waals surface area contributed by atoms with Gasteiger partial charge in [0, 0.05) is 10.5 Å². The highest BCUT2D eigenvalue weighted by atomic mass is 32.2. The van der Waals surface area contributed by atoms with Crippen LogP contribution in [0.25, 0.3) is 0 Å². The largest absolute Gasteiger partial charge is 0.504 e. The smallest absolute Gasteiger partial charge is 0.173 e. The summed E-state index contributed by atoms with van der Waals surface area (Å²) >= 11 is 1.64. The number of rotatable bonds is 3. The van der Waals surface area contributed by atoms with E-state index in [-0.39, 0.29) is 5.75 Å². The van der Waals surface area contributed by atoms with Crippen molar-refractivity contribution >= 4 is 11.8 Å². The molecule has 1 N–H and O–H groups in total. The average Bonchev–Trinajstić information content (AvgIpc) is 2.35. The van der Waals surface area contributed by atoms with Gasteiger partial charge in [0.05, 0.1) is 0 Å². The zero-order valence-electron chi connectivity index (χ0n) is 10.7. The monoisotopic (exact) mass is 260 g/mol. The Balaban J connectivity index is 2.39. The Morgan fingerprint density at radius 1 is 1.11 bits per heavy atom. The Bertz CT molecular complexity index is 564. The van der Waals surface area contributed by atoms with Gasteiger partial charge in [0.15, 0.2) is 11.5 Å². The molecular formula is C15H16O2S. The van der Waals surface area contributed by atoms with E-state index in [9.17, 15) is 5.11 Å². The molecule has 0 bridgehead atoms. The lowest BCUT2D eigenvalue weighted by Gasteiger charge is -2.13. The van der Waals surface area contributed by atoms with E-state index < -0.39 is 0 Å². The van der Waals surface area contributed by atoms with Crippen molar-refractivity contribution in [2.75, 3.05) is 6.26 Å². The number of benzene rings is 2. The quantitative estimate of drug-likeness (QED) is 0.822. The second kappa shape index (κ2) is 5.36. The topological polar surface area (TPSA) is 29.5 Å². The molecule has 0 saturated carbocycles. The van der Waals surface area contributed by atoms with E-state index in [2.05, 4.69) is 0 Å². The predicted octanol–water partition coefficient (Wildman–Crippen LogP) is 4.52. The Labute approximate surface area is 112 Å². The highest BCUT2D eigenvalue weighted by Gasteiger charge is 2.11. The van der Waals surface area contributed by atoms with Crippen molar-refractivity contribution in [1.82, 2.24) is 0 Å². The van der Waals surface area contributed by atoms with Gasteiger partial charge in [0.25, 0.3) is 0 Å². The molecule has 94 valence electrons. The van der Waals surface area contributed by atoms with E-state index in [0.29, 0.717) is 5.75 Å². The lowest BCUT2D eigenvalue weighted by atomic mass is 10.2. The van der Waals surface area contributed by atoms with Crippen molar-refractivity contribution in [3.8, 4) is 17.2 Å². The molecule has 2 aromatic carbocycles. The van der Waals surface area contributed by atoms with Crippen molar-refractivity contribution < 1.29 is 9.84 Å². The number of aromatic hydroxyl groups is 1. The van der Waals surface area contributed by atoms with Crippen LogP contribution in [0.2, 0.25) is 0 Å². The summed E-state index contributed by atoms with van der Waals surface area (Å²) < 4.78 is 5.80. The van der Waals surface area contributed by atoms with Crippen LogP contribution in [0.3, 0.4) is 0 Å². The molecule has 0 heterocycles. The maximum Gasteiger partial charge on any atom is 0.173 e. The zero-order valence-corrected chi connectivity index (χ0v) is 11.5. The second-order valence-corrected chi connectivity index (χ2v) is 5.01. The molecule has 0 radical (unpaired) electrons. The highest BCUT2D eigenvalue weighted by molar-refractivity contribution is 7.98. The van der Waals surface area contributed by atoms with Crippen molar-refractivity contribution in [2.24, 2.45) is 0 Å². The number of hydrogen-bond acceptors (Lipinski definition) is 3. The van der Waals surface area contributed by atoms with Gasteiger partial charge < -0.3 is 9.84 Å². The van der Waals surface area contributed by atoms with Crippen LogP contribution in [0.5, 0.6) is 17.2 Å². The second-order valence-electron chi connectivity index (χ2n) is 4.16. The summed E-state index contributed by atoms with van der Waals surface area (Å²) in [5.41, 5.74) is 2.09. The molecule has 0 atom stereocenters. The summed E-state index contributed by atoms with van der Waals surface area (Å²) in [6.07, 6.45) is 2.01. The summed E-state index contributed by atoms with van der Waals surface area (Å²) in [6.45, 7) is 3.97. The van der Waals surface area contributed by atoms with Gasteiger partial charge in [-0.15, -0.1) is 11.8 Å². The van der Waals surface area contributed by atoms with E-state index in [4.69, 9.17) is 4.74 Å². The molecule has 2 rings (SSSR count). The number of phenolic OH excluding ortho intramolecular Hbond substituents is 1. The number of ether oxygens (including phenoxy) is 1. The maximum atomic E-state index is 9.91. The Morgan fingerprint density at radius 2 is 1.89 bits per heavy atom. The summed E-state index contributed by atoms with van der Waals surface area (Å²) in [5, 5.41) is 9.91. The number of phenols is 1. The zero-order chi connectivity index (χ0) is 13.1. The van der Waals surface area contributed by atoms with Crippen LogP contribution < -0.4 is 4.74 Å². The number of thioether (sulfide) groups is 1. The van der Waals surface area contributed by atoms with E-state index in [1.165, 1.54) is 0 Å². The molecule has 0 amide bonds. The molecule has 0 aromatic heterocycles. The first-order chi connectivity index (χ1) is 8.61. The van der Waals surface area contributed by atoms with Crippen molar-refractivity contribution in [3.63, 3.8) is 0 Å². The van der Waals surface area contributed by atoms with Crippen LogP contribution in [0, 0.1) is 13.8 Å². The minimum absolute atomic E-state index is 0.173. The lowest BCUT2D eigenvalue weighted by Crippen LogP contribution is -1.90. The molecular weight excluding hydrogens is 244 g/mol. The molecule has 0 aliphatic carbocycles. The molecule has 0 unspecified atom stereocenters. The maximum absolute atomic E-state index is 9.91. The van der Waals surface area contributed by atoms with E-state index >= 15 is 0 Å². The molecule has 0 aliphatic rings. The minimum atomic E-state index is 0.173. The first-order valence-corrected chi connectivity index (χ1v) is 6.95. The van der Waals surface area contributed by atoms with Gasteiger partial charge in [0.1, 0.15) is 5.75 Å². The predicted molar refractivity (Wildman–Crippen MR) is 75.9 cm³/mol. The molecule has 0 fully saturated rings. The fourth-order valence-corrected chi connectivity index (χ4v) is 2.41. The first kappa shape index (κ1) is 12.8. The summed E-state index contributed by atoms with van der Waals surface area (Å²) in [6, 6.07) is 11.4. The summed E-state index contributed by atoms with van der Waals surface area (Å²) in [5.74, 6) is 1.45. The van der Waals surface area contributed by atoms with Crippen LogP contribution in [0.4, 0.5) is 0 Å². The van der Waals surface area contributed by atoms with Crippen LogP contribution in [-0.2, 0) is 0 Å². The van der Waals surface area contributed by atoms with Crippen LogP contribution in [0.15, 0.2) is 41.3 Å². The van der Waals surface area contributed by atoms with Gasteiger partial charge in [-0.3, -0.25) is 0 Å². The Morgan fingerprint density at radius 3 is 2.56 bits per heavy atom. The van der Waals surface area contributed by atoms with Gasteiger partial charge in [0.2, 0.25) is 0 Å². The molecule has 2 nitrogen and oxygen atoms in total. The molecule has 0 aliphatic heterocycles. The van der Waals surface area contributed by atoms with Crippen molar-refractivity contribution in [2.45, 2.75) is 18.7 Å². The van der Waals surface area contributed by atoms with E-state index in [0.717, 1.165) is 21.8 Å². The Hall–Kier alpha value is -1.61. The van der Waals surface area contributed by atoms with Crippen molar-refractivity contribution in [1.29, 1.82) is 0 Å². The van der Waals surface area contributed by atoms with Gasteiger partial charge in [-0.1, -0.05) is 12.1 Å². The van der Waals surface area contributed by atoms with Gasteiger partial charge in [-0.25, -0.2) is 0 Å². The SMILES string of the molecule is CSc1ccc(O)c(Oc2cccc(C)c2)c1C. The molecule has 2 aromatic rings. The van der Waals surface area contributed by atoms with Crippen LogP contribution >= 0.6 is 11.8 Å². The standard InChI is InChI=1S/C15H16O2S/c1-10-5-4-6-12(9-10)17-15-11(2)14(18-3)8-7-13(15)16/h4-9,16H,1-3H3. The highest BCUT2D eigenvalue weighted by Crippen LogP contribution is 2.38. The van der Waals surface area contributed by atoms with Crippen LogP contribution in [0.1, 0.15) is 11.1 Å². The fourth-order valence-electron chi connectivity index (χ4n) is 1.81. The third kappa shape index (κ3) is 2.62. The molecule has 3 heteroatoms. The summed E-state index contributed by atoms with van der Waals surface area (Å²) in [4.78, 5) is 1.11. The number of hydrogen-bond donors (Lipinski definition) is 1. The van der Waals surface area contributed by atoms with E-state index in [1.807, 2.05) is 50.4 Å². The van der Waals surface area contributed by atoms with Gasteiger partial charge in [-0.05, 0) is 49.9 Å². The first-order valence-electron chi connectivity index (χ1n) is 5.73. The average molecular weight is 260 g/mol. The molecule has 18 heavy (non-hydrogen) atoms. The summed E-state index contributed by atoms with van der Waals surface area (Å²) in [7, 11) is 0. The van der Waals surface area contributed by atoms with Crippen LogP contribution in [-0.4, -0.2) is 11.4 Å². The van der Waals surface area contributed by atoms with E-state index in [1.54, 1.807) is 17.8 Å². The third-order valence-electron chi connectivity index (χ3n) is 2.76. The molecule has 0 saturated heterocycles. The fraction of sp³-hybridized carbons (Fsp3) is 0.200.